The molecule has 24 heavy (non-hydrogen) atoms. The minimum atomic E-state index is -1.12. The third-order valence-corrected chi connectivity index (χ3v) is 3.67. The summed E-state index contributed by atoms with van der Waals surface area (Å²) in [6, 6.07) is 2.78. The molecule has 0 saturated carbocycles. The predicted molar refractivity (Wildman–Crippen MR) is 80.9 cm³/mol. The molecule has 0 aliphatic carbocycles. The number of aliphatic hydroxyl groups is 1. The van der Waals surface area contributed by atoms with E-state index >= 15 is 0 Å². The SMILES string of the molecule is O=C(O)c1c[nH]c2ncc(-c3nc(CO)n4cc(F)ccc34)nc12. The summed E-state index contributed by atoms with van der Waals surface area (Å²) in [5, 5.41) is 18.6. The quantitative estimate of drug-likeness (QED) is 0.526. The normalized spacial score (nSPS) is 11.4. The van der Waals surface area contributed by atoms with Crippen LogP contribution in [-0.2, 0) is 6.61 Å². The van der Waals surface area contributed by atoms with Crippen LogP contribution in [0.15, 0.2) is 30.7 Å². The molecule has 0 radical (unpaired) electrons. The van der Waals surface area contributed by atoms with Crippen LogP contribution in [-0.4, -0.2) is 40.5 Å². The van der Waals surface area contributed by atoms with E-state index in [0.717, 1.165) is 0 Å². The molecule has 0 spiro atoms. The number of aromatic amines is 1. The van der Waals surface area contributed by atoms with Crippen molar-refractivity contribution >= 4 is 22.6 Å². The number of H-pyrrole nitrogens is 1. The molecule has 0 aromatic carbocycles. The van der Waals surface area contributed by atoms with Gasteiger partial charge in [-0.2, -0.15) is 0 Å². The van der Waals surface area contributed by atoms with Gasteiger partial charge in [0.15, 0.2) is 5.65 Å². The average molecular weight is 327 g/mol. The van der Waals surface area contributed by atoms with Crippen molar-refractivity contribution in [3.05, 3.63) is 47.9 Å². The highest BCUT2D eigenvalue weighted by atomic mass is 19.1. The van der Waals surface area contributed by atoms with Crippen molar-refractivity contribution < 1.29 is 19.4 Å². The summed E-state index contributed by atoms with van der Waals surface area (Å²) in [6.45, 7) is -0.384. The van der Waals surface area contributed by atoms with Crippen LogP contribution in [0, 0.1) is 5.82 Å². The first-order chi connectivity index (χ1) is 11.6. The van der Waals surface area contributed by atoms with Gasteiger partial charge in [-0.25, -0.2) is 24.1 Å². The Morgan fingerprint density at radius 1 is 1.33 bits per heavy atom. The summed E-state index contributed by atoms with van der Waals surface area (Å²) >= 11 is 0. The molecule has 0 saturated heterocycles. The molecule has 9 heteroatoms. The van der Waals surface area contributed by atoms with E-state index in [2.05, 4.69) is 19.9 Å². The number of aliphatic hydroxyl groups excluding tert-OH is 1. The van der Waals surface area contributed by atoms with E-state index in [1.54, 1.807) is 0 Å². The fourth-order valence-corrected chi connectivity index (χ4v) is 2.59. The fraction of sp³-hybridized carbons (Fsp3) is 0.0667. The van der Waals surface area contributed by atoms with Crippen LogP contribution in [0.1, 0.15) is 16.2 Å². The van der Waals surface area contributed by atoms with Gasteiger partial charge in [-0.15, -0.1) is 0 Å². The Labute approximate surface area is 133 Å². The number of carboxylic acid groups (broad SMARTS) is 1. The second-order valence-electron chi connectivity index (χ2n) is 5.10. The monoisotopic (exact) mass is 327 g/mol. The number of carbonyl (C=O) groups is 1. The zero-order chi connectivity index (χ0) is 16.8. The molecule has 8 nitrogen and oxygen atoms in total. The second-order valence-corrected chi connectivity index (χ2v) is 5.10. The van der Waals surface area contributed by atoms with E-state index in [9.17, 15) is 19.4 Å². The molecular weight excluding hydrogens is 317 g/mol. The third kappa shape index (κ3) is 2.02. The molecule has 0 bridgehead atoms. The Bertz CT molecular complexity index is 1100. The standard InChI is InChI=1S/C15H10FN5O3/c16-7-1-2-10-13(20-11(6-22)21(10)5-7)9-4-18-14-12(19-9)8(3-17-14)15(23)24/h1-5,22H,6H2,(H,17,18)(H,23,24). The van der Waals surface area contributed by atoms with Crippen LogP contribution < -0.4 is 0 Å². The van der Waals surface area contributed by atoms with E-state index in [4.69, 9.17) is 0 Å². The number of rotatable bonds is 3. The van der Waals surface area contributed by atoms with Crippen LogP contribution in [0.3, 0.4) is 0 Å². The number of aromatic nitrogens is 5. The number of hydrogen-bond acceptors (Lipinski definition) is 5. The number of pyridine rings is 1. The number of fused-ring (bicyclic) bond motifs is 2. The maximum absolute atomic E-state index is 13.4. The molecule has 0 unspecified atom stereocenters. The molecular formula is C15H10FN5O3. The lowest BCUT2D eigenvalue weighted by atomic mass is 10.2. The first kappa shape index (κ1) is 14.3. The molecule has 3 N–H and O–H groups in total. The van der Waals surface area contributed by atoms with Gasteiger partial charge in [0, 0.05) is 12.4 Å². The van der Waals surface area contributed by atoms with Crippen LogP contribution in [0.5, 0.6) is 0 Å². The zero-order valence-corrected chi connectivity index (χ0v) is 12.1. The van der Waals surface area contributed by atoms with Gasteiger partial charge >= 0.3 is 5.97 Å². The summed E-state index contributed by atoms with van der Waals surface area (Å²) in [5.41, 5.74) is 1.78. The Morgan fingerprint density at radius 3 is 2.92 bits per heavy atom. The molecule has 4 aromatic heterocycles. The van der Waals surface area contributed by atoms with Gasteiger partial charge in [0.05, 0.1) is 11.7 Å². The maximum atomic E-state index is 13.4. The summed E-state index contributed by atoms with van der Waals surface area (Å²) in [6.07, 6.45) is 3.97. The van der Waals surface area contributed by atoms with Crippen molar-refractivity contribution in [1.82, 2.24) is 24.3 Å². The highest BCUT2D eigenvalue weighted by molar-refractivity contribution is 6.00. The molecule has 0 amide bonds. The minimum Gasteiger partial charge on any atom is -0.478 e. The smallest absolute Gasteiger partial charge is 0.339 e. The first-order valence-corrected chi connectivity index (χ1v) is 6.93. The van der Waals surface area contributed by atoms with Gasteiger partial charge in [-0.3, -0.25) is 4.40 Å². The van der Waals surface area contributed by atoms with E-state index in [1.807, 2.05) is 0 Å². The van der Waals surface area contributed by atoms with Crippen molar-refractivity contribution in [3.8, 4) is 11.4 Å². The Kier molecular flexibility index (Phi) is 3.03. The summed E-state index contributed by atoms with van der Waals surface area (Å²) in [7, 11) is 0. The highest BCUT2D eigenvalue weighted by Crippen LogP contribution is 2.25. The highest BCUT2D eigenvalue weighted by Gasteiger charge is 2.18. The summed E-state index contributed by atoms with van der Waals surface area (Å²) in [5.74, 6) is -1.35. The van der Waals surface area contributed by atoms with Gasteiger partial charge < -0.3 is 15.2 Å². The number of carboxylic acids is 1. The summed E-state index contributed by atoms with van der Waals surface area (Å²) in [4.78, 5) is 26.7. The largest absolute Gasteiger partial charge is 0.478 e. The van der Waals surface area contributed by atoms with E-state index < -0.39 is 11.8 Å². The van der Waals surface area contributed by atoms with Gasteiger partial charge in [0.25, 0.3) is 0 Å². The lowest BCUT2D eigenvalue weighted by Gasteiger charge is -2.00. The average Bonchev–Trinajstić information content (AvgIpc) is 3.14. The van der Waals surface area contributed by atoms with Gasteiger partial charge in [0.1, 0.15) is 40.7 Å². The third-order valence-electron chi connectivity index (χ3n) is 3.67. The zero-order valence-electron chi connectivity index (χ0n) is 12.1. The number of hydrogen-bond donors (Lipinski definition) is 3. The Morgan fingerprint density at radius 2 is 2.17 bits per heavy atom. The van der Waals surface area contributed by atoms with Crippen molar-refractivity contribution in [2.45, 2.75) is 6.61 Å². The van der Waals surface area contributed by atoms with Crippen LogP contribution in [0.4, 0.5) is 4.39 Å². The van der Waals surface area contributed by atoms with Crippen molar-refractivity contribution in [3.63, 3.8) is 0 Å². The lowest BCUT2D eigenvalue weighted by Crippen LogP contribution is -1.96. The molecule has 0 aliphatic heterocycles. The second kappa shape index (κ2) is 5.10. The van der Waals surface area contributed by atoms with Crippen LogP contribution in [0.2, 0.25) is 0 Å². The van der Waals surface area contributed by atoms with E-state index in [1.165, 1.54) is 35.1 Å². The Balaban J connectivity index is 1.99. The summed E-state index contributed by atoms with van der Waals surface area (Å²) < 4.78 is 14.9. The van der Waals surface area contributed by atoms with Gasteiger partial charge in [-0.1, -0.05) is 0 Å². The van der Waals surface area contributed by atoms with Crippen molar-refractivity contribution in [2.75, 3.05) is 0 Å². The van der Waals surface area contributed by atoms with Gasteiger partial charge in [0.2, 0.25) is 0 Å². The number of aromatic carboxylic acids is 1. The molecule has 120 valence electrons. The van der Waals surface area contributed by atoms with E-state index in [0.29, 0.717) is 22.6 Å². The molecule has 0 aliphatic rings. The predicted octanol–water partition coefficient (Wildman–Crippen LogP) is 1.60. The minimum absolute atomic E-state index is 0.00343. The fourth-order valence-electron chi connectivity index (χ4n) is 2.59. The van der Waals surface area contributed by atoms with Crippen molar-refractivity contribution in [2.24, 2.45) is 0 Å². The number of halogens is 1. The molecule has 4 rings (SSSR count). The van der Waals surface area contributed by atoms with E-state index in [-0.39, 0.29) is 23.5 Å². The first-order valence-electron chi connectivity index (χ1n) is 6.93. The van der Waals surface area contributed by atoms with Gasteiger partial charge in [-0.05, 0) is 12.1 Å². The topological polar surface area (TPSA) is 116 Å². The lowest BCUT2D eigenvalue weighted by molar-refractivity contribution is 0.0699. The Hall–Kier alpha value is -3.33. The molecule has 0 fully saturated rings. The van der Waals surface area contributed by atoms with Crippen LogP contribution >= 0.6 is 0 Å². The number of nitrogens with zero attached hydrogens (tertiary/aromatic N) is 4. The molecule has 4 heterocycles. The maximum Gasteiger partial charge on any atom is 0.339 e. The van der Waals surface area contributed by atoms with Crippen LogP contribution in [0.25, 0.3) is 28.1 Å². The molecule has 4 aromatic rings. The molecule has 0 atom stereocenters. The van der Waals surface area contributed by atoms with Crippen molar-refractivity contribution in [1.29, 1.82) is 0 Å². The number of imidazole rings is 1. The number of nitrogens with one attached hydrogen (secondary N) is 1.